The zero-order valence-corrected chi connectivity index (χ0v) is 11.3. The van der Waals surface area contributed by atoms with Gasteiger partial charge in [0.2, 0.25) is 6.41 Å². The van der Waals surface area contributed by atoms with Crippen molar-refractivity contribution in [2.75, 3.05) is 24.5 Å². The van der Waals surface area contributed by atoms with Crippen LogP contribution in [0.5, 0.6) is 0 Å². The molecule has 3 rings (SSSR count). The fraction of sp³-hybridized carbons (Fsp3) is 0.600. The Labute approximate surface area is 114 Å². The molecule has 2 fully saturated rings. The van der Waals surface area contributed by atoms with Crippen LogP contribution in [0.1, 0.15) is 43.7 Å². The van der Waals surface area contributed by atoms with Crippen molar-refractivity contribution in [3.8, 4) is 0 Å². The van der Waals surface area contributed by atoms with Crippen LogP contribution in [-0.2, 0) is 4.79 Å². The third-order valence-electron chi connectivity index (χ3n) is 4.27. The number of anilines is 1. The monoisotopic (exact) mass is 259 g/mol. The molecule has 4 nitrogen and oxygen atoms in total. The van der Waals surface area contributed by atoms with E-state index in [-0.39, 0.29) is 6.04 Å². The lowest BCUT2D eigenvalue weighted by Gasteiger charge is -2.33. The van der Waals surface area contributed by atoms with E-state index in [1.165, 1.54) is 24.8 Å². The molecule has 3 heterocycles. The summed E-state index contributed by atoms with van der Waals surface area (Å²) in [7, 11) is 0. The van der Waals surface area contributed by atoms with Crippen molar-refractivity contribution in [3.05, 3.63) is 23.9 Å². The van der Waals surface area contributed by atoms with E-state index >= 15 is 0 Å². The average molecular weight is 259 g/mol. The molecule has 1 aromatic rings. The predicted octanol–water partition coefficient (Wildman–Crippen LogP) is 2.37. The van der Waals surface area contributed by atoms with E-state index in [1.807, 2.05) is 11.1 Å². The number of hydrogen-bond acceptors (Lipinski definition) is 3. The van der Waals surface area contributed by atoms with Gasteiger partial charge in [-0.3, -0.25) is 4.79 Å². The number of pyridine rings is 1. The van der Waals surface area contributed by atoms with Crippen LogP contribution in [0.4, 0.5) is 5.82 Å². The summed E-state index contributed by atoms with van der Waals surface area (Å²) in [4.78, 5) is 20.0. The number of amides is 1. The fourth-order valence-corrected chi connectivity index (χ4v) is 3.17. The molecular formula is C15H21N3O. The molecule has 0 bridgehead atoms. The Morgan fingerprint density at radius 1 is 1.11 bits per heavy atom. The summed E-state index contributed by atoms with van der Waals surface area (Å²) in [5.41, 5.74) is 1.18. The van der Waals surface area contributed by atoms with Gasteiger partial charge in [0.25, 0.3) is 0 Å². The van der Waals surface area contributed by atoms with Crippen LogP contribution in [0.2, 0.25) is 0 Å². The van der Waals surface area contributed by atoms with Crippen LogP contribution in [0.15, 0.2) is 18.3 Å². The average Bonchev–Trinajstić information content (AvgIpc) is 3.02. The van der Waals surface area contributed by atoms with Crippen molar-refractivity contribution < 1.29 is 4.79 Å². The number of hydrogen-bond donors (Lipinski definition) is 0. The van der Waals surface area contributed by atoms with Crippen LogP contribution in [0.3, 0.4) is 0 Å². The van der Waals surface area contributed by atoms with E-state index in [4.69, 9.17) is 0 Å². The molecule has 0 saturated carbocycles. The topological polar surface area (TPSA) is 36.4 Å². The van der Waals surface area contributed by atoms with E-state index in [2.05, 4.69) is 22.0 Å². The second-order valence-corrected chi connectivity index (χ2v) is 5.50. The Hall–Kier alpha value is -1.58. The van der Waals surface area contributed by atoms with Gasteiger partial charge in [0.05, 0.1) is 6.04 Å². The first-order valence-electron chi connectivity index (χ1n) is 7.30. The van der Waals surface area contributed by atoms with Gasteiger partial charge < -0.3 is 9.80 Å². The minimum absolute atomic E-state index is 0.228. The van der Waals surface area contributed by atoms with Crippen LogP contribution in [-0.4, -0.2) is 35.9 Å². The first-order chi connectivity index (χ1) is 9.38. The molecule has 4 heteroatoms. The number of likely N-dealkylation sites (tertiary alicyclic amines) is 1. The molecule has 2 aliphatic heterocycles. The molecule has 0 N–H and O–H groups in total. The van der Waals surface area contributed by atoms with Crippen molar-refractivity contribution in [2.45, 2.75) is 38.1 Å². The Balaban J connectivity index is 1.75. The quantitative estimate of drug-likeness (QED) is 0.782. The zero-order valence-electron chi connectivity index (χ0n) is 11.3. The summed E-state index contributed by atoms with van der Waals surface area (Å²) in [5, 5.41) is 0. The third-order valence-corrected chi connectivity index (χ3v) is 4.27. The summed E-state index contributed by atoms with van der Waals surface area (Å²) in [6.07, 6.45) is 8.86. The van der Waals surface area contributed by atoms with E-state index in [1.54, 1.807) is 0 Å². The van der Waals surface area contributed by atoms with E-state index in [0.29, 0.717) is 0 Å². The number of aromatic nitrogens is 1. The van der Waals surface area contributed by atoms with E-state index in [9.17, 15) is 4.79 Å². The zero-order chi connectivity index (χ0) is 13.1. The van der Waals surface area contributed by atoms with Gasteiger partial charge in [-0.1, -0.05) is 6.07 Å². The van der Waals surface area contributed by atoms with Gasteiger partial charge in [-0.15, -0.1) is 0 Å². The van der Waals surface area contributed by atoms with Crippen LogP contribution >= 0.6 is 0 Å². The van der Waals surface area contributed by atoms with Gasteiger partial charge in [-0.05, 0) is 43.7 Å². The molecule has 0 aromatic carbocycles. The van der Waals surface area contributed by atoms with Gasteiger partial charge in [-0.2, -0.15) is 0 Å². The standard InChI is InChI=1S/C15H21N3O/c19-12-18-10-2-1-5-14(18)13-6-7-15(16-11-13)17-8-3-4-9-17/h6-7,11-12,14H,1-5,8-10H2/t14-/m0/s1. The number of rotatable bonds is 3. The number of carbonyl (C=O) groups excluding carboxylic acids is 1. The lowest BCUT2D eigenvalue weighted by Crippen LogP contribution is -2.32. The molecule has 0 radical (unpaired) electrons. The third kappa shape index (κ3) is 2.57. The number of nitrogens with zero attached hydrogens (tertiary/aromatic N) is 3. The Kier molecular flexibility index (Phi) is 3.67. The summed E-state index contributed by atoms with van der Waals surface area (Å²) in [5.74, 6) is 1.08. The highest BCUT2D eigenvalue weighted by molar-refractivity contribution is 5.49. The molecule has 2 aliphatic rings. The fourth-order valence-electron chi connectivity index (χ4n) is 3.17. The van der Waals surface area contributed by atoms with Crippen molar-refractivity contribution in [3.63, 3.8) is 0 Å². The molecule has 0 unspecified atom stereocenters. The second-order valence-electron chi connectivity index (χ2n) is 5.50. The summed E-state index contributed by atoms with van der Waals surface area (Å²) in [6, 6.07) is 4.48. The Morgan fingerprint density at radius 3 is 2.58 bits per heavy atom. The van der Waals surface area contributed by atoms with Crippen molar-refractivity contribution in [1.29, 1.82) is 0 Å². The lowest BCUT2D eigenvalue weighted by molar-refractivity contribution is -0.121. The van der Waals surface area contributed by atoms with Gasteiger partial charge in [0, 0.05) is 25.8 Å². The van der Waals surface area contributed by atoms with Crippen molar-refractivity contribution >= 4 is 12.2 Å². The van der Waals surface area contributed by atoms with Gasteiger partial charge in [0.1, 0.15) is 5.82 Å². The molecule has 0 spiro atoms. The predicted molar refractivity (Wildman–Crippen MR) is 75.0 cm³/mol. The maximum Gasteiger partial charge on any atom is 0.210 e. The summed E-state index contributed by atoms with van der Waals surface area (Å²) >= 11 is 0. The molecular weight excluding hydrogens is 238 g/mol. The SMILES string of the molecule is O=CN1CCCC[C@H]1c1ccc(N2CCCC2)nc1. The van der Waals surface area contributed by atoms with Crippen LogP contribution in [0.25, 0.3) is 0 Å². The van der Waals surface area contributed by atoms with E-state index < -0.39 is 0 Å². The van der Waals surface area contributed by atoms with Gasteiger partial charge >= 0.3 is 0 Å². The van der Waals surface area contributed by atoms with E-state index in [0.717, 1.165) is 44.7 Å². The molecule has 1 aromatic heterocycles. The van der Waals surface area contributed by atoms with Crippen LogP contribution < -0.4 is 4.90 Å². The summed E-state index contributed by atoms with van der Waals surface area (Å²) < 4.78 is 0. The number of carbonyl (C=O) groups is 1. The summed E-state index contributed by atoms with van der Waals surface area (Å²) in [6.45, 7) is 3.12. The van der Waals surface area contributed by atoms with Crippen molar-refractivity contribution in [1.82, 2.24) is 9.88 Å². The molecule has 1 amide bonds. The smallest absolute Gasteiger partial charge is 0.210 e. The molecule has 1 atom stereocenters. The first-order valence-corrected chi connectivity index (χ1v) is 7.30. The molecule has 0 aliphatic carbocycles. The maximum atomic E-state index is 11.1. The second kappa shape index (κ2) is 5.59. The highest BCUT2D eigenvalue weighted by Crippen LogP contribution is 2.30. The van der Waals surface area contributed by atoms with Crippen molar-refractivity contribution in [2.24, 2.45) is 0 Å². The normalized spacial score (nSPS) is 23.7. The largest absolute Gasteiger partial charge is 0.357 e. The number of piperidine rings is 1. The molecule has 19 heavy (non-hydrogen) atoms. The minimum Gasteiger partial charge on any atom is -0.357 e. The Bertz CT molecular complexity index is 426. The maximum absolute atomic E-state index is 11.1. The lowest BCUT2D eigenvalue weighted by atomic mass is 9.97. The molecule has 102 valence electrons. The first kappa shape index (κ1) is 12.5. The minimum atomic E-state index is 0.228. The Morgan fingerprint density at radius 2 is 1.89 bits per heavy atom. The molecule has 2 saturated heterocycles. The van der Waals surface area contributed by atoms with Crippen LogP contribution in [0, 0.1) is 0 Å². The highest BCUT2D eigenvalue weighted by Gasteiger charge is 2.23. The van der Waals surface area contributed by atoms with Gasteiger partial charge in [0.15, 0.2) is 0 Å². The van der Waals surface area contributed by atoms with Gasteiger partial charge in [-0.25, -0.2) is 4.98 Å². The highest BCUT2D eigenvalue weighted by atomic mass is 16.1.